The number of nitrogens with zero attached hydrogens (tertiary/aromatic N) is 1. The molecule has 0 aromatic carbocycles. The van der Waals surface area contributed by atoms with Crippen molar-refractivity contribution in [1.82, 2.24) is 4.90 Å². The third kappa shape index (κ3) is 35.6. The van der Waals surface area contributed by atoms with Gasteiger partial charge in [-0.15, -0.1) is 0 Å². The van der Waals surface area contributed by atoms with Gasteiger partial charge < -0.3 is 9.64 Å². The Hall–Kier alpha value is -1.12. The molecule has 264 valence electrons. The van der Waals surface area contributed by atoms with Gasteiger partial charge in [-0.3, -0.25) is 0 Å². The molecule has 0 aliphatic carbocycles. The van der Waals surface area contributed by atoms with Crippen molar-refractivity contribution in [3.63, 3.8) is 0 Å². The van der Waals surface area contributed by atoms with Crippen LogP contribution in [-0.4, -0.2) is 37.7 Å². The fraction of sp³-hybridized carbons (Fsp3) is 0.814. The topological polar surface area (TPSA) is 12.5 Å². The molecule has 2 heteroatoms. The van der Waals surface area contributed by atoms with Gasteiger partial charge in [0.1, 0.15) is 0 Å². The Labute approximate surface area is 284 Å². The van der Waals surface area contributed by atoms with Crippen LogP contribution >= 0.6 is 0 Å². The summed E-state index contributed by atoms with van der Waals surface area (Å²) in [6, 6.07) is 0.592. The van der Waals surface area contributed by atoms with Crippen LogP contribution in [0.15, 0.2) is 48.6 Å². The molecular formula is C43H81NO. The van der Waals surface area contributed by atoms with E-state index in [4.69, 9.17) is 4.74 Å². The van der Waals surface area contributed by atoms with Crippen molar-refractivity contribution >= 4 is 0 Å². The predicted molar refractivity (Wildman–Crippen MR) is 205 cm³/mol. The van der Waals surface area contributed by atoms with Gasteiger partial charge in [0.15, 0.2) is 0 Å². The second-order valence-electron chi connectivity index (χ2n) is 13.8. The Morgan fingerprint density at radius 2 is 0.800 bits per heavy atom. The van der Waals surface area contributed by atoms with E-state index in [0.717, 1.165) is 25.9 Å². The van der Waals surface area contributed by atoms with Gasteiger partial charge in [0.25, 0.3) is 0 Å². The van der Waals surface area contributed by atoms with Gasteiger partial charge in [-0.1, -0.05) is 152 Å². The van der Waals surface area contributed by atoms with E-state index in [1.165, 1.54) is 154 Å². The van der Waals surface area contributed by atoms with E-state index in [1.807, 2.05) is 0 Å². The van der Waals surface area contributed by atoms with Gasteiger partial charge in [0.05, 0.1) is 6.10 Å². The standard InChI is InChI=1S/C43H81NO/c1-6-8-10-12-14-16-18-20-22-24-26-28-30-32-34-36-38-43(45-41-40-42(3)44(4)5)39-37-35-33-31-29-27-25-23-21-19-17-15-13-11-9-7-2/h14-17,20-23,42-43H,6-13,18-19,24-41H2,1-5H3/b16-14-,17-15-,22-20-,23-21-. The van der Waals surface area contributed by atoms with Gasteiger partial charge in [0, 0.05) is 12.6 Å². The van der Waals surface area contributed by atoms with Crippen molar-refractivity contribution in [3.8, 4) is 0 Å². The highest BCUT2D eigenvalue weighted by molar-refractivity contribution is 4.93. The van der Waals surface area contributed by atoms with E-state index in [1.54, 1.807) is 0 Å². The summed E-state index contributed by atoms with van der Waals surface area (Å²) in [5, 5.41) is 0. The van der Waals surface area contributed by atoms with E-state index in [-0.39, 0.29) is 0 Å². The first-order chi connectivity index (χ1) is 22.1. The fourth-order valence-corrected chi connectivity index (χ4v) is 5.69. The third-order valence-corrected chi connectivity index (χ3v) is 9.22. The summed E-state index contributed by atoms with van der Waals surface area (Å²) in [7, 11) is 4.35. The van der Waals surface area contributed by atoms with Crippen LogP contribution < -0.4 is 0 Å². The summed E-state index contributed by atoms with van der Waals surface area (Å²) in [5.41, 5.74) is 0. The highest BCUT2D eigenvalue weighted by atomic mass is 16.5. The summed E-state index contributed by atoms with van der Waals surface area (Å²) in [6.45, 7) is 7.76. The molecule has 0 saturated carbocycles. The number of ether oxygens (including phenoxy) is 1. The lowest BCUT2D eigenvalue weighted by Gasteiger charge is -2.22. The molecule has 45 heavy (non-hydrogen) atoms. The molecule has 0 fully saturated rings. The summed E-state index contributed by atoms with van der Waals surface area (Å²) in [6.07, 6.45) is 54.7. The Kier molecular flexibility index (Phi) is 36.4. The van der Waals surface area contributed by atoms with Crippen LogP contribution in [-0.2, 0) is 4.74 Å². The van der Waals surface area contributed by atoms with Crippen LogP contribution in [0.1, 0.15) is 194 Å². The fourth-order valence-electron chi connectivity index (χ4n) is 5.69. The molecule has 0 aromatic heterocycles. The Morgan fingerprint density at radius 3 is 1.18 bits per heavy atom. The summed E-state index contributed by atoms with van der Waals surface area (Å²) >= 11 is 0. The number of hydrogen-bond acceptors (Lipinski definition) is 2. The smallest absolute Gasteiger partial charge is 0.0575 e. The maximum atomic E-state index is 6.46. The monoisotopic (exact) mass is 628 g/mol. The van der Waals surface area contributed by atoms with Crippen molar-refractivity contribution in [2.24, 2.45) is 0 Å². The zero-order valence-electron chi connectivity index (χ0n) is 31.4. The molecular weight excluding hydrogens is 546 g/mol. The first-order valence-corrected chi connectivity index (χ1v) is 20.0. The van der Waals surface area contributed by atoms with E-state index >= 15 is 0 Å². The maximum absolute atomic E-state index is 6.46. The largest absolute Gasteiger partial charge is 0.378 e. The molecule has 0 spiro atoms. The van der Waals surface area contributed by atoms with Gasteiger partial charge in [-0.2, -0.15) is 0 Å². The van der Waals surface area contributed by atoms with Gasteiger partial charge in [-0.25, -0.2) is 0 Å². The summed E-state index contributed by atoms with van der Waals surface area (Å²) < 4.78 is 6.46. The molecule has 0 aromatic rings. The predicted octanol–water partition coefficient (Wildman–Crippen LogP) is 14.1. The van der Waals surface area contributed by atoms with Crippen molar-refractivity contribution in [3.05, 3.63) is 48.6 Å². The molecule has 0 saturated heterocycles. The highest BCUT2D eigenvalue weighted by Crippen LogP contribution is 2.18. The van der Waals surface area contributed by atoms with E-state index in [2.05, 4.69) is 88.4 Å². The normalized spacial score (nSPS) is 13.3. The lowest BCUT2D eigenvalue weighted by molar-refractivity contribution is 0.0286. The van der Waals surface area contributed by atoms with Crippen LogP contribution in [0.3, 0.4) is 0 Å². The lowest BCUT2D eigenvalue weighted by atomic mass is 10.0. The molecule has 0 bridgehead atoms. The van der Waals surface area contributed by atoms with Gasteiger partial charge in [-0.05, 0) is 104 Å². The second kappa shape index (κ2) is 37.3. The minimum atomic E-state index is 0.469. The number of hydrogen-bond donors (Lipinski definition) is 0. The number of allylic oxidation sites excluding steroid dienone is 8. The molecule has 0 rings (SSSR count). The average molecular weight is 628 g/mol. The van der Waals surface area contributed by atoms with Crippen molar-refractivity contribution < 1.29 is 4.74 Å². The average Bonchev–Trinajstić information content (AvgIpc) is 3.03. The zero-order chi connectivity index (χ0) is 32.9. The van der Waals surface area contributed by atoms with Gasteiger partial charge >= 0.3 is 0 Å². The zero-order valence-corrected chi connectivity index (χ0v) is 31.4. The van der Waals surface area contributed by atoms with Gasteiger partial charge in [0.2, 0.25) is 0 Å². The number of rotatable bonds is 35. The molecule has 1 unspecified atom stereocenters. The van der Waals surface area contributed by atoms with E-state index in [9.17, 15) is 0 Å². The SMILES string of the molecule is CCCCC/C=C\C/C=C\CCCCCCCCC(CCCCCCCC/C=C\C/C=C\CCCCC)OCCC(C)N(C)C. The second-order valence-corrected chi connectivity index (χ2v) is 13.8. The molecule has 0 heterocycles. The van der Waals surface area contributed by atoms with Crippen molar-refractivity contribution in [1.29, 1.82) is 0 Å². The minimum Gasteiger partial charge on any atom is -0.378 e. The van der Waals surface area contributed by atoms with Crippen LogP contribution in [0, 0.1) is 0 Å². The Morgan fingerprint density at radius 1 is 0.444 bits per heavy atom. The number of unbranched alkanes of at least 4 members (excludes halogenated alkanes) is 18. The molecule has 0 aliphatic heterocycles. The van der Waals surface area contributed by atoms with E-state index < -0.39 is 0 Å². The lowest BCUT2D eigenvalue weighted by Crippen LogP contribution is -2.27. The maximum Gasteiger partial charge on any atom is 0.0575 e. The quantitative estimate of drug-likeness (QED) is 0.0512. The first kappa shape index (κ1) is 43.9. The summed E-state index contributed by atoms with van der Waals surface area (Å²) in [5.74, 6) is 0. The van der Waals surface area contributed by atoms with Crippen LogP contribution in [0.4, 0.5) is 0 Å². The molecule has 2 nitrogen and oxygen atoms in total. The Balaban J connectivity index is 3.93. The third-order valence-electron chi connectivity index (χ3n) is 9.22. The summed E-state index contributed by atoms with van der Waals surface area (Å²) in [4.78, 5) is 2.31. The van der Waals surface area contributed by atoms with Crippen LogP contribution in [0.25, 0.3) is 0 Å². The highest BCUT2D eigenvalue weighted by Gasteiger charge is 2.11. The van der Waals surface area contributed by atoms with Crippen LogP contribution in [0.2, 0.25) is 0 Å². The Bertz CT molecular complexity index is 627. The molecule has 0 aliphatic rings. The molecule has 0 radical (unpaired) electrons. The molecule has 0 N–H and O–H groups in total. The molecule has 0 amide bonds. The van der Waals surface area contributed by atoms with Crippen LogP contribution in [0.5, 0.6) is 0 Å². The molecule has 1 atom stereocenters. The first-order valence-electron chi connectivity index (χ1n) is 20.0. The van der Waals surface area contributed by atoms with Crippen molar-refractivity contribution in [2.75, 3.05) is 20.7 Å². The van der Waals surface area contributed by atoms with Crippen molar-refractivity contribution in [2.45, 2.75) is 206 Å². The van der Waals surface area contributed by atoms with E-state index in [0.29, 0.717) is 12.1 Å². The minimum absolute atomic E-state index is 0.469.